The number of hydroxylamine groups is 1. The predicted octanol–water partition coefficient (Wildman–Crippen LogP) is 0.719. The molecule has 8 heteroatoms. The van der Waals surface area contributed by atoms with E-state index >= 15 is 0 Å². The van der Waals surface area contributed by atoms with E-state index in [-0.39, 0.29) is 23.7 Å². The molecule has 1 saturated heterocycles. The molecule has 140 valence electrons. The first-order valence-corrected chi connectivity index (χ1v) is 8.42. The number of carbonyl (C=O) groups is 2. The summed E-state index contributed by atoms with van der Waals surface area (Å²) in [5, 5.41) is 15.7. The maximum Gasteiger partial charge on any atom is 0.274 e. The summed E-state index contributed by atoms with van der Waals surface area (Å²) in [4.78, 5) is 27.8. The highest BCUT2D eigenvalue weighted by molar-refractivity contribution is 5.96. The number of nitrogens with one attached hydrogen (secondary N) is 2. The van der Waals surface area contributed by atoms with E-state index in [1.165, 1.54) is 6.08 Å². The van der Waals surface area contributed by atoms with E-state index in [0.29, 0.717) is 25.2 Å². The van der Waals surface area contributed by atoms with Gasteiger partial charge in [0.1, 0.15) is 0 Å². The van der Waals surface area contributed by atoms with Crippen LogP contribution in [0, 0.1) is 5.41 Å². The molecule has 0 radical (unpaired) electrons. The second-order valence-electron chi connectivity index (χ2n) is 6.53. The van der Waals surface area contributed by atoms with Crippen LogP contribution in [0.5, 0.6) is 0 Å². The normalized spacial score (nSPS) is 21.3. The van der Waals surface area contributed by atoms with Crippen molar-refractivity contribution in [3.05, 3.63) is 47.2 Å². The second kappa shape index (κ2) is 8.59. The molecule has 2 rings (SSSR count). The van der Waals surface area contributed by atoms with E-state index in [1.807, 2.05) is 26.0 Å². The van der Waals surface area contributed by atoms with Crippen LogP contribution < -0.4 is 11.2 Å². The van der Waals surface area contributed by atoms with Crippen molar-refractivity contribution in [3.8, 4) is 0 Å². The van der Waals surface area contributed by atoms with Crippen LogP contribution in [-0.4, -0.2) is 58.2 Å². The summed E-state index contributed by atoms with van der Waals surface area (Å²) in [5.74, 6) is -0.783. The van der Waals surface area contributed by atoms with E-state index in [9.17, 15) is 9.59 Å². The maximum atomic E-state index is 12.5. The highest BCUT2D eigenvalue weighted by Gasteiger charge is 2.33. The SMILES string of the molecule is CC1CN(Cc2ccc(C(=O)NO)cc2)CC(C)N1C(=O)C(N)=CC=N. The summed E-state index contributed by atoms with van der Waals surface area (Å²) < 4.78 is 0. The summed E-state index contributed by atoms with van der Waals surface area (Å²) in [6, 6.07) is 7.00. The van der Waals surface area contributed by atoms with Crippen molar-refractivity contribution in [1.29, 1.82) is 5.41 Å². The van der Waals surface area contributed by atoms with Crippen LogP contribution in [0.15, 0.2) is 36.0 Å². The third-order valence-electron chi connectivity index (χ3n) is 4.46. The molecule has 1 aliphatic heterocycles. The monoisotopic (exact) mass is 359 g/mol. The van der Waals surface area contributed by atoms with Gasteiger partial charge in [-0.15, -0.1) is 0 Å². The zero-order chi connectivity index (χ0) is 19.3. The van der Waals surface area contributed by atoms with Crippen LogP contribution in [0.25, 0.3) is 0 Å². The Labute approximate surface area is 152 Å². The molecule has 5 N–H and O–H groups in total. The van der Waals surface area contributed by atoms with Crippen molar-refractivity contribution in [1.82, 2.24) is 15.3 Å². The van der Waals surface area contributed by atoms with Gasteiger partial charge < -0.3 is 16.0 Å². The molecule has 8 nitrogen and oxygen atoms in total. The summed E-state index contributed by atoms with van der Waals surface area (Å²) in [6.45, 7) is 6.06. The lowest BCUT2D eigenvalue weighted by atomic mass is 10.1. The molecule has 1 heterocycles. The molecule has 0 spiro atoms. The summed E-state index contributed by atoms with van der Waals surface area (Å²) >= 11 is 0. The largest absolute Gasteiger partial charge is 0.394 e. The van der Waals surface area contributed by atoms with Crippen molar-refractivity contribution >= 4 is 18.0 Å². The molecule has 1 aromatic carbocycles. The van der Waals surface area contributed by atoms with Gasteiger partial charge in [0.25, 0.3) is 11.8 Å². The zero-order valence-corrected chi connectivity index (χ0v) is 15.0. The molecular weight excluding hydrogens is 334 g/mol. The molecule has 2 atom stereocenters. The fraction of sp³-hybridized carbons (Fsp3) is 0.389. The predicted molar refractivity (Wildman–Crippen MR) is 97.8 cm³/mol. The Morgan fingerprint density at radius 1 is 1.27 bits per heavy atom. The standard InChI is InChI=1S/C18H25N5O3/c1-12-9-22(10-13(2)23(12)18(25)16(20)7-8-19)11-14-3-5-15(6-4-14)17(24)21-26/h3-8,12-13,19,26H,9-11,20H2,1-2H3,(H,21,24). The smallest absolute Gasteiger partial charge is 0.274 e. The minimum atomic E-state index is -0.540. The Morgan fingerprint density at radius 3 is 2.35 bits per heavy atom. The van der Waals surface area contributed by atoms with Gasteiger partial charge in [-0.3, -0.25) is 19.7 Å². The fourth-order valence-corrected chi connectivity index (χ4v) is 3.36. The molecule has 2 amide bonds. The lowest BCUT2D eigenvalue weighted by Gasteiger charge is -2.44. The molecule has 26 heavy (non-hydrogen) atoms. The topological polar surface area (TPSA) is 123 Å². The Kier molecular flexibility index (Phi) is 6.48. The fourth-order valence-electron chi connectivity index (χ4n) is 3.36. The molecule has 1 aliphatic rings. The van der Waals surface area contributed by atoms with Crippen LogP contribution in [0.1, 0.15) is 29.8 Å². The van der Waals surface area contributed by atoms with E-state index in [4.69, 9.17) is 16.4 Å². The van der Waals surface area contributed by atoms with Crippen molar-refractivity contribution < 1.29 is 14.8 Å². The molecule has 1 aromatic rings. The number of nitrogens with zero attached hydrogens (tertiary/aromatic N) is 2. The minimum absolute atomic E-state index is 0.0108. The third-order valence-corrected chi connectivity index (χ3v) is 4.46. The molecule has 1 fully saturated rings. The van der Waals surface area contributed by atoms with E-state index in [1.54, 1.807) is 22.5 Å². The number of hydrogen-bond donors (Lipinski definition) is 4. The molecule has 0 saturated carbocycles. The Morgan fingerprint density at radius 2 is 1.85 bits per heavy atom. The molecule has 2 unspecified atom stereocenters. The number of nitrogens with two attached hydrogens (primary N) is 1. The van der Waals surface area contributed by atoms with E-state index in [0.717, 1.165) is 11.8 Å². The number of benzene rings is 1. The molecule has 0 aliphatic carbocycles. The zero-order valence-electron chi connectivity index (χ0n) is 15.0. The second-order valence-corrected chi connectivity index (χ2v) is 6.53. The highest BCUT2D eigenvalue weighted by Crippen LogP contribution is 2.19. The third kappa shape index (κ3) is 4.47. The van der Waals surface area contributed by atoms with Crippen molar-refractivity contribution in [2.24, 2.45) is 5.73 Å². The van der Waals surface area contributed by atoms with Crippen LogP contribution in [0.3, 0.4) is 0 Å². The van der Waals surface area contributed by atoms with Crippen LogP contribution in [-0.2, 0) is 11.3 Å². The van der Waals surface area contributed by atoms with Gasteiger partial charge in [-0.1, -0.05) is 12.1 Å². The Bertz CT molecular complexity index is 689. The number of amides is 2. The maximum absolute atomic E-state index is 12.5. The number of rotatable bonds is 5. The van der Waals surface area contributed by atoms with Gasteiger partial charge in [-0.25, -0.2) is 5.48 Å². The lowest BCUT2D eigenvalue weighted by molar-refractivity contribution is -0.135. The average molecular weight is 359 g/mol. The Balaban J connectivity index is 2.02. The van der Waals surface area contributed by atoms with Gasteiger partial charge in [0.15, 0.2) is 0 Å². The van der Waals surface area contributed by atoms with Crippen molar-refractivity contribution in [3.63, 3.8) is 0 Å². The van der Waals surface area contributed by atoms with Crippen LogP contribution in [0.2, 0.25) is 0 Å². The first kappa shape index (κ1) is 19.6. The van der Waals surface area contributed by atoms with Gasteiger partial charge in [0.2, 0.25) is 0 Å². The van der Waals surface area contributed by atoms with Crippen LogP contribution >= 0.6 is 0 Å². The van der Waals surface area contributed by atoms with Gasteiger partial charge in [-0.2, -0.15) is 0 Å². The molecular formula is C18H25N5O3. The summed E-state index contributed by atoms with van der Waals surface area (Å²) in [5.41, 5.74) is 8.87. The quantitative estimate of drug-likeness (QED) is 0.267. The van der Waals surface area contributed by atoms with Gasteiger partial charge in [-0.05, 0) is 37.6 Å². The van der Waals surface area contributed by atoms with Crippen molar-refractivity contribution in [2.45, 2.75) is 32.5 Å². The van der Waals surface area contributed by atoms with E-state index in [2.05, 4.69) is 4.90 Å². The molecule has 0 bridgehead atoms. The minimum Gasteiger partial charge on any atom is -0.394 e. The number of carbonyl (C=O) groups excluding carboxylic acids is 2. The van der Waals surface area contributed by atoms with Crippen LogP contribution in [0.4, 0.5) is 0 Å². The lowest BCUT2D eigenvalue weighted by Crippen LogP contribution is -2.59. The Hall–Kier alpha value is -2.71. The average Bonchev–Trinajstić information content (AvgIpc) is 2.61. The number of hydrogen-bond acceptors (Lipinski definition) is 6. The van der Waals surface area contributed by atoms with Gasteiger partial charge in [0, 0.05) is 43.5 Å². The first-order valence-electron chi connectivity index (χ1n) is 8.42. The summed E-state index contributed by atoms with van der Waals surface area (Å²) in [7, 11) is 0. The van der Waals surface area contributed by atoms with Gasteiger partial charge in [0.05, 0.1) is 5.70 Å². The van der Waals surface area contributed by atoms with E-state index < -0.39 is 5.91 Å². The first-order chi connectivity index (χ1) is 12.4. The summed E-state index contributed by atoms with van der Waals surface area (Å²) in [6.07, 6.45) is 2.32. The highest BCUT2D eigenvalue weighted by atomic mass is 16.5. The number of allylic oxidation sites excluding steroid dienone is 1. The number of piperazine rings is 1. The van der Waals surface area contributed by atoms with Crippen molar-refractivity contribution in [2.75, 3.05) is 13.1 Å². The molecule has 0 aromatic heterocycles. The van der Waals surface area contributed by atoms with Gasteiger partial charge >= 0.3 is 0 Å².